The molecule has 1 aromatic heterocycles. The molecule has 1 atom stereocenters. The molecule has 1 aromatic rings. The van der Waals surface area contributed by atoms with Crippen LogP contribution in [0.1, 0.15) is 54.9 Å². The molecule has 1 unspecified atom stereocenters. The average molecular weight is 417 g/mol. The number of sulfonamides is 1. The van der Waals surface area contributed by atoms with Gasteiger partial charge >= 0.3 is 5.97 Å². The predicted molar refractivity (Wildman–Crippen MR) is 104 cm³/mol. The van der Waals surface area contributed by atoms with Crippen molar-refractivity contribution >= 4 is 33.2 Å². The first-order chi connectivity index (χ1) is 12.7. The molecule has 0 saturated heterocycles. The zero-order valence-electron chi connectivity index (χ0n) is 16.6. The second-order valence-electron chi connectivity index (χ2n) is 6.57. The van der Waals surface area contributed by atoms with Gasteiger partial charge in [-0.25, -0.2) is 13.2 Å². The van der Waals surface area contributed by atoms with Gasteiger partial charge < -0.3 is 9.64 Å². The SMILES string of the molecule is CCC(C)C(=O)N1CCc2c(sc(S(=O)(=O)N(CC)CC)c2C(=O)OC)C1. The van der Waals surface area contributed by atoms with Crippen molar-refractivity contribution in [2.45, 2.75) is 51.3 Å². The summed E-state index contributed by atoms with van der Waals surface area (Å²) < 4.78 is 32.4. The van der Waals surface area contributed by atoms with Gasteiger partial charge in [-0.2, -0.15) is 4.31 Å². The second-order valence-corrected chi connectivity index (χ2v) is 9.80. The quantitative estimate of drug-likeness (QED) is 0.638. The minimum atomic E-state index is -3.79. The van der Waals surface area contributed by atoms with E-state index in [4.69, 9.17) is 4.74 Å². The normalized spacial score (nSPS) is 15.6. The molecule has 7 nitrogen and oxygen atoms in total. The van der Waals surface area contributed by atoms with E-state index in [1.807, 2.05) is 13.8 Å². The molecule has 0 spiro atoms. The summed E-state index contributed by atoms with van der Waals surface area (Å²) in [5.74, 6) is -0.658. The number of thiophene rings is 1. The Bertz CT molecular complexity index is 812. The van der Waals surface area contributed by atoms with Gasteiger partial charge in [-0.15, -0.1) is 11.3 Å². The number of methoxy groups -OCH3 is 1. The molecule has 0 fully saturated rings. The molecule has 1 aliphatic rings. The summed E-state index contributed by atoms with van der Waals surface area (Å²) in [5, 5.41) is 0. The van der Waals surface area contributed by atoms with E-state index in [1.54, 1.807) is 18.7 Å². The molecule has 0 aliphatic carbocycles. The van der Waals surface area contributed by atoms with Gasteiger partial charge in [-0.1, -0.05) is 27.7 Å². The van der Waals surface area contributed by atoms with E-state index in [0.717, 1.165) is 22.6 Å². The molecule has 0 aromatic carbocycles. The lowest BCUT2D eigenvalue weighted by atomic mass is 10.0. The smallest absolute Gasteiger partial charge is 0.340 e. The highest BCUT2D eigenvalue weighted by molar-refractivity contribution is 7.91. The second kappa shape index (κ2) is 8.70. The van der Waals surface area contributed by atoms with Gasteiger partial charge in [-0.3, -0.25) is 4.79 Å². The lowest BCUT2D eigenvalue weighted by molar-refractivity contribution is -0.135. The number of fused-ring (bicyclic) bond motifs is 1. The van der Waals surface area contributed by atoms with Crippen LogP contribution < -0.4 is 0 Å². The fourth-order valence-corrected chi connectivity index (χ4v) is 6.72. The summed E-state index contributed by atoms with van der Waals surface area (Å²) in [5.41, 5.74) is 0.839. The highest BCUT2D eigenvalue weighted by Crippen LogP contribution is 2.38. The van der Waals surface area contributed by atoms with Crippen LogP contribution >= 0.6 is 11.3 Å². The fourth-order valence-electron chi connectivity index (χ4n) is 3.22. The third kappa shape index (κ3) is 4.05. The van der Waals surface area contributed by atoms with Gasteiger partial charge in [0.15, 0.2) is 0 Å². The van der Waals surface area contributed by atoms with Crippen molar-refractivity contribution in [3.63, 3.8) is 0 Å². The van der Waals surface area contributed by atoms with Gasteiger partial charge in [-0.05, 0) is 18.4 Å². The summed E-state index contributed by atoms with van der Waals surface area (Å²) in [6.45, 7) is 8.83. The molecular formula is C18H28N2O5S2. The van der Waals surface area contributed by atoms with Gasteiger partial charge in [0, 0.05) is 30.4 Å². The molecule has 0 radical (unpaired) electrons. The van der Waals surface area contributed by atoms with Crippen LogP contribution in [-0.2, 0) is 32.5 Å². The molecule has 1 aliphatic heterocycles. The van der Waals surface area contributed by atoms with Gasteiger partial charge in [0.2, 0.25) is 5.91 Å². The number of esters is 1. The van der Waals surface area contributed by atoms with Gasteiger partial charge in [0.1, 0.15) is 4.21 Å². The Morgan fingerprint density at radius 3 is 2.41 bits per heavy atom. The molecule has 1 amide bonds. The van der Waals surface area contributed by atoms with E-state index < -0.39 is 16.0 Å². The molecular weight excluding hydrogens is 388 g/mol. The first-order valence-corrected chi connectivity index (χ1v) is 11.5. The van der Waals surface area contributed by atoms with E-state index in [2.05, 4.69) is 0 Å². The number of hydrogen-bond acceptors (Lipinski definition) is 6. The van der Waals surface area contributed by atoms with Gasteiger partial charge in [0.25, 0.3) is 10.0 Å². The number of carbonyl (C=O) groups excluding carboxylic acids is 2. The van der Waals surface area contributed by atoms with Crippen molar-refractivity contribution in [3.05, 3.63) is 16.0 Å². The molecule has 0 N–H and O–H groups in total. The van der Waals surface area contributed by atoms with Crippen LogP contribution in [0.15, 0.2) is 4.21 Å². The average Bonchev–Trinajstić information content (AvgIpc) is 3.06. The summed E-state index contributed by atoms with van der Waals surface area (Å²) in [4.78, 5) is 27.4. The van der Waals surface area contributed by atoms with E-state index in [9.17, 15) is 18.0 Å². The van der Waals surface area contributed by atoms with Crippen LogP contribution in [0, 0.1) is 5.92 Å². The number of carbonyl (C=O) groups is 2. The Labute approximate surface area is 165 Å². The van der Waals surface area contributed by atoms with Gasteiger partial charge in [0.05, 0.1) is 19.2 Å². The Hall–Kier alpha value is -1.45. The number of rotatable bonds is 7. The van der Waals surface area contributed by atoms with E-state index in [-0.39, 0.29) is 21.6 Å². The van der Waals surface area contributed by atoms with Crippen LogP contribution in [0.25, 0.3) is 0 Å². The summed E-state index contributed by atoms with van der Waals surface area (Å²) >= 11 is 1.09. The number of ether oxygens (including phenoxy) is 1. The van der Waals surface area contributed by atoms with Crippen LogP contribution in [0.3, 0.4) is 0 Å². The maximum absolute atomic E-state index is 13.1. The third-order valence-corrected chi connectivity index (χ3v) is 8.80. The van der Waals surface area contributed by atoms with Crippen LogP contribution in [-0.4, -0.2) is 56.2 Å². The topological polar surface area (TPSA) is 84.0 Å². The maximum atomic E-state index is 13.1. The first kappa shape index (κ1) is 21.8. The summed E-state index contributed by atoms with van der Waals surface area (Å²) in [6, 6.07) is 0. The Balaban J connectivity index is 2.52. The predicted octanol–water partition coefficient (Wildman–Crippen LogP) is 2.50. The van der Waals surface area contributed by atoms with Crippen molar-refractivity contribution in [2.75, 3.05) is 26.7 Å². The van der Waals surface area contributed by atoms with E-state index in [0.29, 0.717) is 38.2 Å². The van der Waals surface area contributed by atoms with Crippen LogP contribution in [0.2, 0.25) is 0 Å². The van der Waals surface area contributed by atoms with Crippen molar-refractivity contribution in [1.29, 1.82) is 0 Å². The van der Waals surface area contributed by atoms with Crippen molar-refractivity contribution < 1.29 is 22.7 Å². The molecule has 0 bridgehead atoms. The van der Waals surface area contributed by atoms with Crippen molar-refractivity contribution in [2.24, 2.45) is 5.92 Å². The largest absolute Gasteiger partial charge is 0.465 e. The maximum Gasteiger partial charge on any atom is 0.340 e. The summed E-state index contributed by atoms with van der Waals surface area (Å²) in [7, 11) is -2.54. The highest BCUT2D eigenvalue weighted by atomic mass is 32.2. The van der Waals surface area contributed by atoms with Crippen molar-refractivity contribution in [1.82, 2.24) is 9.21 Å². The van der Waals surface area contributed by atoms with Crippen LogP contribution in [0.4, 0.5) is 0 Å². The Morgan fingerprint density at radius 1 is 1.26 bits per heavy atom. The monoisotopic (exact) mass is 416 g/mol. The van der Waals surface area contributed by atoms with Crippen LogP contribution in [0.5, 0.6) is 0 Å². The molecule has 152 valence electrons. The number of nitrogens with zero attached hydrogens (tertiary/aromatic N) is 2. The number of hydrogen-bond donors (Lipinski definition) is 0. The molecule has 27 heavy (non-hydrogen) atoms. The molecule has 0 saturated carbocycles. The molecule has 2 heterocycles. The number of amides is 1. The Morgan fingerprint density at radius 2 is 1.89 bits per heavy atom. The Kier molecular flexibility index (Phi) is 7.04. The third-order valence-electron chi connectivity index (χ3n) is 5.04. The fraction of sp³-hybridized carbons (Fsp3) is 0.667. The highest BCUT2D eigenvalue weighted by Gasteiger charge is 2.37. The minimum absolute atomic E-state index is 0.0286. The first-order valence-electron chi connectivity index (χ1n) is 9.24. The zero-order chi connectivity index (χ0) is 20.4. The minimum Gasteiger partial charge on any atom is -0.465 e. The zero-order valence-corrected chi connectivity index (χ0v) is 18.2. The van der Waals surface area contributed by atoms with Crippen molar-refractivity contribution in [3.8, 4) is 0 Å². The van der Waals surface area contributed by atoms with E-state index >= 15 is 0 Å². The lowest BCUT2D eigenvalue weighted by Crippen LogP contribution is -2.38. The molecule has 2 rings (SSSR count). The molecule has 9 heteroatoms. The standard InChI is InChI=1S/C18H28N2O5S2/c1-6-12(4)16(21)19-10-9-13-14(11-19)26-18(15(13)17(22)25-5)27(23,24)20(7-2)8-3/h12H,6-11H2,1-5H3. The summed E-state index contributed by atoms with van der Waals surface area (Å²) in [6.07, 6.45) is 1.20. The lowest BCUT2D eigenvalue weighted by Gasteiger charge is -2.29. The van der Waals surface area contributed by atoms with E-state index in [1.165, 1.54) is 11.4 Å².